The summed E-state index contributed by atoms with van der Waals surface area (Å²) in [6.07, 6.45) is 1.96. The van der Waals surface area contributed by atoms with Crippen molar-refractivity contribution in [1.82, 2.24) is 5.32 Å². The average Bonchev–Trinajstić information content (AvgIpc) is 2.10. The molecule has 0 saturated carbocycles. The highest BCUT2D eigenvalue weighted by molar-refractivity contribution is 4.68. The van der Waals surface area contributed by atoms with E-state index in [2.05, 4.69) is 19.2 Å². The Morgan fingerprint density at radius 2 is 2.17 bits per heavy atom. The lowest BCUT2D eigenvalue weighted by atomic mass is 10.2. The molecule has 0 radical (unpaired) electrons. The fourth-order valence-corrected chi connectivity index (χ4v) is 1.08. The van der Waals surface area contributed by atoms with Gasteiger partial charge in [0.25, 0.3) is 0 Å². The van der Waals surface area contributed by atoms with Crippen LogP contribution in [0.4, 0.5) is 0 Å². The highest BCUT2D eigenvalue weighted by Crippen LogP contribution is 1.96. The minimum Gasteiger partial charge on any atom is -0.395 e. The third kappa shape index (κ3) is 5.52. The molecule has 0 aliphatic rings. The number of ether oxygens (including phenoxy) is 1. The maximum absolute atomic E-state index is 8.91. The summed E-state index contributed by atoms with van der Waals surface area (Å²) in [5, 5.41) is 12.2. The zero-order valence-corrected chi connectivity index (χ0v) is 8.34. The van der Waals surface area contributed by atoms with Gasteiger partial charge in [0.15, 0.2) is 0 Å². The van der Waals surface area contributed by atoms with Crippen molar-refractivity contribution in [3.63, 3.8) is 0 Å². The zero-order valence-electron chi connectivity index (χ0n) is 8.34. The van der Waals surface area contributed by atoms with E-state index in [-0.39, 0.29) is 12.6 Å². The Morgan fingerprint density at radius 1 is 1.50 bits per heavy atom. The van der Waals surface area contributed by atoms with Crippen molar-refractivity contribution in [3.05, 3.63) is 0 Å². The van der Waals surface area contributed by atoms with Gasteiger partial charge in [-0.25, -0.2) is 0 Å². The Hall–Kier alpha value is -0.120. The Bertz CT molecular complexity index is 94.5. The summed E-state index contributed by atoms with van der Waals surface area (Å²) < 4.78 is 4.96. The van der Waals surface area contributed by atoms with Crippen molar-refractivity contribution < 1.29 is 9.84 Å². The second-order valence-electron chi connectivity index (χ2n) is 3.14. The minimum atomic E-state index is 0.216. The van der Waals surface area contributed by atoms with Crippen LogP contribution in [0.3, 0.4) is 0 Å². The Kier molecular flexibility index (Phi) is 7.45. The Balaban J connectivity index is 3.44. The van der Waals surface area contributed by atoms with E-state index in [4.69, 9.17) is 9.84 Å². The van der Waals surface area contributed by atoms with E-state index in [9.17, 15) is 0 Å². The third-order valence-electron chi connectivity index (χ3n) is 1.99. The first-order chi connectivity index (χ1) is 5.74. The number of hydrogen-bond acceptors (Lipinski definition) is 3. The van der Waals surface area contributed by atoms with Crippen LogP contribution in [0.25, 0.3) is 0 Å². The third-order valence-corrected chi connectivity index (χ3v) is 1.99. The molecule has 2 atom stereocenters. The van der Waals surface area contributed by atoms with Crippen LogP contribution in [0.1, 0.15) is 26.7 Å². The molecule has 0 aliphatic carbocycles. The lowest BCUT2D eigenvalue weighted by molar-refractivity contribution is 0.174. The van der Waals surface area contributed by atoms with Crippen molar-refractivity contribution >= 4 is 0 Å². The van der Waals surface area contributed by atoms with Gasteiger partial charge >= 0.3 is 0 Å². The Labute approximate surface area is 75.1 Å². The van der Waals surface area contributed by atoms with Crippen LogP contribution in [-0.2, 0) is 4.74 Å². The molecule has 2 N–H and O–H groups in total. The predicted octanol–water partition coefficient (Wildman–Crippen LogP) is 0.772. The van der Waals surface area contributed by atoms with E-state index >= 15 is 0 Å². The first-order valence-electron chi connectivity index (χ1n) is 4.60. The van der Waals surface area contributed by atoms with Crippen LogP contribution in [0.5, 0.6) is 0 Å². The van der Waals surface area contributed by atoms with Gasteiger partial charge in [-0.3, -0.25) is 0 Å². The molecular weight excluding hydrogens is 154 g/mol. The normalized spacial score (nSPS) is 16.0. The van der Waals surface area contributed by atoms with Crippen molar-refractivity contribution in [3.8, 4) is 0 Å². The topological polar surface area (TPSA) is 41.5 Å². The number of aliphatic hydroxyl groups excluding tert-OH is 1. The zero-order chi connectivity index (χ0) is 9.40. The van der Waals surface area contributed by atoms with E-state index in [0.717, 1.165) is 19.4 Å². The smallest absolute Gasteiger partial charge is 0.0584 e. The van der Waals surface area contributed by atoms with Gasteiger partial charge in [-0.15, -0.1) is 0 Å². The molecule has 0 aromatic heterocycles. The molecule has 0 amide bonds. The van der Waals surface area contributed by atoms with Crippen LogP contribution >= 0.6 is 0 Å². The van der Waals surface area contributed by atoms with Gasteiger partial charge < -0.3 is 15.2 Å². The summed E-state index contributed by atoms with van der Waals surface area (Å²) >= 11 is 0. The second-order valence-corrected chi connectivity index (χ2v) is 3.14. The van der Waals surface area contributed by atoms with Gasteiger partial charge in [0.1, 0.15) is 0 Å². The quantitative estimate of drug-likeness (QED) is 0.600. The molecule has 0 bridgehead atoms. The van der Waals surface area contributed by atoms with Crippen molar-refractivity contribution in [2.24, 2.45) is 0 Å². The molecule has 74 valence electrons. The number of hydrogen-bond donors (Lipinski definition) is 2. The number of rotatable bonds is 7. The molecule has 12 heavy (non-hydrogen) atoms. The maximum atomic E-state index is 8.91. The Morgan fingerprint density at radius 3 is 2.58 bits per heavy atom. The summed E-state index contributed by atoms with van der Waals surface area (Å²) in [5.74, 6) is 0. The largest absolute Gasteiger partial charge is 0.395 e. The first kappa shape index (κ1) is 11.9. The number of aliphatic hydroxyl groups is 1. The van der Waals surface area contributed by atoms with Gasteiger partial charge in [-0.05, 0) is 19.8 Å². The van der Waals surface area contributed by atoms with Gasteiger partial charge in [-0.1, -0.05) is 6.92 Å². The molecule has 0 aliphatic heterocycles. The van der Waals surface area contributed by atoms with Crippen molar-refractivity contribution in [2.45, 2.75) is 38.8 Å². The van der Waals surface area contributed by atoms with E-state index in [0.29, 0.717) is 6.04 Å². The molecule has 0 fully saturated rings. The number of nitrogens with one attached hydrogen (secondary N) is 1. The molecule has 1 unspecified atom stereocenters. The maximum Gasteiger partial charge on any atom is 0.0584 e. The van der Waals surface area contributed by atoms with E-state index in [1.807, 2.05) is 0 Å². The van der Waals surface area contributed by atoms with E-state index < -0.39 is 0 Å². The van der Waals surface area contributed by atoms with Crippen molar-refractivity contribution in [2.75, 3.05) is 20.3 Å². The minimum absolute atomic E-state index is 0.216. The summed E-state index contributed by atoms with van der Waals surface area (Å²) in [6, 6.07) is 0.652. The first-order valence-corrected chi connectivity index (χ1v) is 4.60. The van der Waals surface area contributed by atoms with Gasteiger partial charge in [0.05, 0.1) is 6.61 Å². The standard InChI is InChI=1S/C9H21NO2/c1-4-9(7-11)10-8(2)5-6-12-3/h8-11H,4-7H2,1-3H3/t8?,9-/m1/s1. The molecule has 0 heterocycles. The van der Waals surface area contributed by atoms with Gasteiger partial charge in [0, 0.05) is 25.8 Å². The van der Waals surface area contributed by atoms with E-state index in [1.54, 1.807) is 7.11 Å². The summed E-state index contributed by atoms with van der Waals surface area (Å²) in [5.41, 5.74) is 0. The summed E-state index contributed by atoms with van der Waals surface area (Å²) in [7, 11) is 1.70. The summed E-state index contributed by atoms with van der Waals surface area (Å²) in [6.45, 7) is 5.16. The van der Waals surface area contributed by atoms with Crippen LogP contribution in [0, 0.1) is 0 Å². The number of methoxy groups -OCH3 is 1. The molecule has 0 aromatic rings. The molecule has 0 saturated heterocycles. The molecule has 0 spiro atoms. The second kappa shape index (κ2) is 7.53. The van der Waals surface area contributed by atoms with Gasteiger partial charge in [-0.2, -0.15) is 0 Å². The van der Waals surface area contributed by atoms with E-state index in [1.165, 1.54) is 0 Å². The van der Waals surface area contributed by atoms with Crippen molar-refractivity contribution in [1.29, 1.82) is 0 Å². The van der Waals surface area contributed by atoms with Crippen LogP contribution in [-0.4, -0.2) is 37.5 Å². The lowest BCUT2D eigenvalue weighted by Gasteiger charge is -2.19. The molecular formula is C9H21NO2. The SMILES string of the molecule is CC[C@H](CO)NC(C)CCOC. The fraction of sp³-hybridized carbons (Fsp3) is 1.00. The lowest BCUT2D eigenvalue weighted by Crippen LogP contribution is -2.39. The highest BCUT2D eigenvalue weighted by atomic mass is 16.5. The fourth-order valence-electron chi connectivity index (χ4n) is 1.08. The van der Waals surface area contributed by atoms with Crippen LogP contribution < -0.4 is 5.32 Å². The molecule has 0 rings (SSSR count). The highest BCUT2D eigenvalue weighted by Gasteiger charge is 2.07. The van der Waals surface area contributed by atoms with Crippen LogP contribution in [0.15, 0.2) is 0 Å². The van der Waals surface area contributed by atoms with Gasteiger partial charge in [0.2, 0.25) is 0 Å². The monoisotopic (exact) mass is 175 g/mol. The molecule has 3 heteroatoms. The molecule has 0 aromatic carbocycles. The van der Waals surface area contributed by atoms with Crippen LogP contribution in [0.2, 0.25) is 0 Å². The predicted molar refractivity (Wildman–Crippen MR) is 50.3 cm³/mol. The molecule has 3 nitrogen and oxygen atoms in total. The summed E-state index contributed by atoms with van der Waals surface area (Å²) in [4.78, 5) is 0. The average molecular weight is 175 g/mol.